The van der Waals surface area contributed by atoms with E-state index in [0.29, 0.717) is 51.4 Å². The second-order valence-electron chi connectivity index (χ2n) is 15.7. The maximum Gasteiger partial charge on any atom is 0.336 e. The van der Waals surface area contributed by atoms with Gasteiger partial charge in [0.05, 0.1) is 21.8 Å². The van der Waals surface area contributed by atoms with Gasteiger partial charge in [0, 0.05) is 96.1 Å². The van der Waals surface area contributed by atoms with Crippen LogP contribution >= 0.6 is 0 Å². The minimum atomic E-state index is -4.37. The number of rotatable bonds is 7. The number of nitrogens with zero attached hydrogens (tertiary/aromatic N) is 4. The number of fused-ring (bicyclic) bond motifs is 4. The Hall–Kier alpha value is -6.20. The summed E-state index contributed by atoms with van der Waals surface area (Å²) in [4.78, 5) is 44.4. The van der Waals surface area contributed by atoms with Crippen molar-refractivity contribution in [1.82, 2.24) is 13.9 Å². The topological polar surface area (TPSA) is 175 Å². The highest BCUT2D eigenvalue weighted by atomic mass is 32.2. The lowest BCUT2D eigenvalue weighted by molar-refractivity contribution is -0.201. The lowest BCUT2D eigenvalue weighted by Gasteiger charge is -2.31. The van der Waals surface area contributed by atoms with Crippen molar-refractivity contribution >= 4 is 66.0 Å². The van der Waals surface area contributed by atoms with Gasteiger partial charge in [-0.25, -0.2) is 13.2 Å². The summed E-state index contributed by atoms with van der Waals surface area (Å²) in [5, 5.41) is 2.01. The molecule has 0 aromatic heterocycles. The molecule has 0 saturated carbocycles. The van der Waals surface area contributed by atoms with Crippen LogP contribution in [0.25, 0.3) is 33.4 Å². The number of hydrogen-bond acceptors (Lipinski definition) is 10. The van der Waals surface area contributed by atoms with Gasteiger partial charge in [-0.3, -0.25) is 14.1 Å². The van der Waals surface area contributed by atoms with Gasteiger partial charge in [0.1, 0.15) is 11.3 Å². The van der Waals surface area contributed by atoms with E-state index >= 15 is 0 Å². The third-order valence-corrected chi connectivity index (χ3v) is 15.0. The molecule has 0 radical (unpaired) electrons. The molecule has 2 amide bonds. The summed E-state index contributed by atoms with van der Waals surface area (Å²) in [5.74, 6) is -2.07. The van der Waals surface area contributed by atoms with Crippen molar-refractivity contribution < 1.29 is 45.0 Å². The monoisotopic (exact) mass is 859 g/mol. The Bertz CT molecular complexity index is 3100. The number of carbonyl (C=O) groups is 3. The second-order valence-corrected chi connectivity index (χ2v) is 19.0. The van der Waals surface area contributed by atoms with Gasteiger partial charge in [-0.15, -0.1) is 5.06 Å². The molecule has 0 spiro atoms. The summed E-state index contributed by atoms with van der Waals surface area (Å²) in [6, 6.07) is 31.4. The molecule has 2 fully saturated rings. The van der Waals surface area contributed by atoms with Gasteiger partial charge in [0.25, 0.3) is 21.9 Å². The van der Waals surface area contributed by atoms with E-state index in [1.165, 1.54) is 22.0 Å². The number of sulfonamides is 1. The van der Waals surface area contributed by atoms with Gasteiger partial charge >= 0.3 is 5.97 Å². The Morgan fingerprint density at radius 2 is 1.51 bits per heavy atom. The fraction of sp³-hybridized carbons (Fsp3) is 0.244. The van der Waals surface area contributed by atoms with Crippen LogP contribution in [0, 0.1) is 5.92 Å². The fourth-order valence-electron chi connectivity index (χ4n) is 9.10. The van der Waals surface area contributed by atoms with E-state index in [9.17, 15) is 35.8 Å². The van der Waals surface area contributed by atoms with Crippen molar-refractivity contribution in [3.8, 4) is 22.5 Å². The summed E-state index contributed by atoms with van der Waals surface area (Å²) in [6.45, 7) is 1.39. The zero-order valence-electron chi connectivity index (χ0n) is 32.7. The van der Waals surface area contributed by atoms with E-state index in [4.69, 9.17) is 9.25 Å². The largest absolute Gasteiger partial charge is 0.456 e. The molecule has 14 nitrogen and oxygen atoms in total. The summed E-state index contributed by atoms with van der Waals surface area (Å²) in [5.41, 5.74) is 7.20. The van der Waals surface area contributed by atoms with Gasteiger partial charge in [-0.1, -0.05) is 36.4 Å². The molecule has 5 heterocycles. The minimum absolute atomic E-state index is 0.0206. The molecule has 0 unspecified atom stereocenters. The van der Waals surface area contributed by atoms with Gasteiger partial charge in [-0.05, 0) is 67.3 Å². The molecule has 16 heteroatoms. The molecule has 310 valence electrons. The zero-order valence-corrected chi connectivity index (χ0v) is 34.3. The van der Waals surface area contributed by atoms with Crippen LogP contribution in [0.4, 0.5) is 17.1 Å². The number of hydroxylamine groups is 2. The molecular formula is C45H39N4O10S2+. The van der Waals surface area contributed by atoms with Crippen molar-refractivity contribution in [2.45, 2.75) is 48.3 Å². The van der Waals surface area contributed by atoms with Crippen molar-refractivity contribution in [1.29, 1.82) is 0 Å². The number of para-hydroxylation sites is 1. The maximum absolute atomic E-state index is 14.7. The van der Waals surface area contributed by atoms with Crippen LogP contribution < -0.4 is 14.8 Å². The maximum atomic E-state index is 14.7. The summed E-state index contributed by atoms with van der Waals surface area (Å²) in [7, 11) is -8.51. The van der Waals surface area contributed by atoms with Gasteiger partial charge in [0.2, 0.25) is 21.1 Å². The molecule has 1 aliphatic carbocycles. The summed E-state index contributed by atoms with van der Waals surface area (Å²) < 4.78 is 73.0. The Labute approximate surface area is 351 Å². The molecule has 4 aromatic rings. The third-order valence-electron chi connectivity index (χ3n) is 12.2. The number of carbonyl (C=O) groups excluding carboxylic acids is 3. The summed E-state index contributed by atoms with van der Waals surface area (Å²) >= 11 is 0. The van der Waals surface area contributed by atoms with Crippen LogP contribution in [0.5, 0.6) is 0 Å². The molecule has 4 aromatic carbocycles. The van der Waals surface area contributed by atoms with Crippen LogP contribution in [-0.4, -0.2) is 74.7 Å². The van der Waals surface area contributed by atoms with E-state index in [0.717, 1.165) is 40.9 Å². The lowest BCUT2D eigenvalue weighted by atomic mass is 9.93. The molecule has 0 bridgehead atoms. The number of hydrogen-bond donors (Lipinski definition) is 1. The average Bonchev–Trinajstić information content (AvgIpc) is 3.98. The van der Waals surface area contributed by atoms with E-state index in [1.807, 2.05) is 48.5 Å². The number of benzene rings is 5. The lowest BCUT2D eigenvalue weighted by Crippen LogP contribution is -2.42. The van der Waals surface area contributed by atoms with Crippen LogP contribution in [0.1, 0.15) is 36.8 Å². The highest BCUT2D eigenvalue weighted by Gasteiger charge is 2.39. The van der Waals surface area contributed by atoms with Crippen molar-refractivity contribution in [3.63, 3.8) is 0 Å². The Morgan fingerprint density at radius 3 is 2.30 bits per heavy atom. The standard InChI is InChI=1S/C45H38N4O10S2/c50-42-15-16-43(51)49(42)59-45(52)29-17-21-46(22-18-29)60(53,54)41-8-4-2-6-36(41)44-34-12-9-31(47-23-19-28-5-1-3-7-37(28)47)26-39(34)58-40-27-32(10-13-35(40)44)48-24-20-30-25-33(61(55,56)57)11-14-38(30)48/h1-14,25-27,29H,15-24H2/p+1. The smallest absolute Gasteiger partial charge is 0.336 e. The fourth-order valence-corrected chi connectivity index (χ4v) is 11.3. The number of anilines is 2. The number of amides is 2. The molecule has 10 rings (SSSR count). The summed E-state index contributed by atoms with van der Waals surface area (Å²) in [6.07, 6.45) is 1.70. The highest BCUT2D eigenvalue weighted by Crippen LogP contribution is 2.45. The first-order chi connectivity index (χ1) is 29.3. The molecular weight excluding hydrogens is 821 g/mol. The Morgan fingerprint density at radius 1 is 0.754 bits per heavy atom. The predicted molar refractivity (Wildman–Crippen MR) is 224 cm³/mol. The Balaban J connectivity index is 1.07. The molecule has 5 aliphatic heterocycles. The quantitative estimate of drug-likeness (QED) is 0.0888. The van der Waals surface area contributed by atoms with Crippen LogP contribution in [0.15, 0.2) is 117 Å². The van der Waals surface area contributed by atoms with Crippen molar-refractivity contribution in [2.75, 3.05) is 31.1 Å². The second kappa shape index (κ2) is 14.8. The van der Waals surface area contributed by atoms with Crippen molar-refractivity contribution in [2.24, 2.45) is 5.92 Å². The normalized spacial score (nSPS) is 18.3. The zero-order chi connectivity index (χ0) is 42.2. The average molecular weight is 860 g/mol. The number of piperidine rings is 1. The SMILES string of the molecule is O=C(ON1C(=O)CCC1=O)C1CCN(S(=O)(=O)c2ccccc2-c2c3ccc(=[N+]4CCc5cc(S(=O)(=O)O)ccc54)cc-3oc3cc(N4CCc5ccccc54)ccc23)CC1. The van der Waals surface area contributed by atoms with E-state index in [2.05, 4.69) is 21.6 Å². The molecule has 61 heavy (non-hydrogen) atoms. The highest BCUT2D eigenvalue weighted by molar-refractivity contribution is 7.89. The minimum Gasteiger partial charge on any atom is -0.456 e. The van der Waals surface area contributed by atoms with Crippen molar-refractivity contribution in [3.05, 3.63) is 120 Å². The molecule has 6 aliphatic rings. The predicted octanol–water partition coefficient (Wildman–Crippen LogP) is 5.81. The van der Waals surface area contributed by atoms with Gasteiger partial charge in [-0.2, -0.15) is 17.3 Å². The Kier molecular flexibility index (Phi) is 9.43. The molecule has 1 N–H and O–H groups in total. The molecule has 2 saturated heterocycles. The number of imide groups is 1. The first kappa shape index (κ1) is 39.0. The molecule has 0 atom stereocenters. The third kappa shape index (κ3) is 6.79. The van der Waals surface area contributed by atoms with Crippen LogP contribution in [0.3, 0.4) is 0 Å². The van der Waals surface area contributed by atoms with Gasteiger partial charge < -0.3 is 14.2 Å². The van der Waals surface area contributed by atoms with Crippen LogP contribution in [0.2, 0.25) is 0 Å². The van der Waals surface area contributed by atoms with E-state index in [1.54, 1.807) is 30.3 Å². The van der Waals surface area contributed by atoms with Gasteiger partial charge in [0.15, 0.2) is 6.54 Å². The first-order valence-corrected chi connectivity index (χ1v) is 23.0. The first-order valence-electron chi connectivity index (χ1n) is 20.1. The van der Waals surface area contributed by atoms with E-state index < -0.39 is 43.8 Å². The van der Waals surface area contributed by atoms with Crippen LogP contribution in [-0.2, 0) is 52.2 Å². The van der Waals surface area contributed by atoms with E-state index in [-0.39, 0.29) is 48.6 Å².